The van der Waals surface area contributed by atoms with Crippen molar-refractivity contribution in [1.82, 2.24) is 10.6 Å². The Labute approximate surface area is 99.7 Å². The summed E-state index contributed by atoms with van der Waals surface area (Å²) in [5.74, 6) is 0. The Morgan fingerprint density at radius 1 is 1.56 bits per heavy atom. The van der Waals surface area contributed by atoms with Crippen molar-refractivity contribution >= 4 is 17.4 Å². The van der Waals surface area contributed by atoms with Crippen LogP contribution in [0.2, 0.25) is 0 Å². The lowest BCUT2D eigenvalue weighted by atomic mass is 10.2. The van der Waals surface area contributed by atoms with Gasteiger partial charge in [0.25, 0.3) is 0 Å². The molecule has 90 valence electrons. The molecule has 0 aliphatic rings. The third-order valence-electron chi connectivity index (χ3n) is 2.27. The molecular formula is C11H18N2O2S. The number of aliphatic hydroxyl groups excluding tert-OH is 1. The third kappa shape index (κ3) is 4.20. The number of carbonyl (C=O) groups is 1. The number of aryl methyl sites for hydroxylation is 1. The van der Waals surface area contributed by atoms with Gasteiger partial charge >= 0.3 is 6.03 Å². The first-order valence-corrected chi connectivity index (χ1v) is 6.18. The Kier molecular flexibility index (Phi) is 5.28. The number of thiophene rings is 1. The molecular weight excluding hydrogens is 224 g/mol. The largest absolute Gasteiger partial charge is 0.394 e. The van der Waals surface area contributed by atoms with Gasteiger partial charge in [0, 0.05) is 9.75 Å². The molecule has 0 aliphatic carbocycles. The highest BCUT2D eigenvalue weighted by molar-refractivity contribution is 7.11. The molecule has 16 heavy (non-hydrogen) atoms. The normalized spacial score (nSPS) is 12.2. The van der Waals surface area contributed by atoms with Gasteiger partial charge in [-0.2, -0.15) is 0 Å². The summed E-state index contributed by atoms with van der Waals surface area (Å²) in [6.45, 7) is 4.46. The minimum Gasteiger partial charge on any atom is -0.394 e. The van der Waals surface area contributed by atoms with Gasteiger partial charge in [-0.3, -0.25) is 0 Å². The lowest BCUT2D eigenvalue weighted by Crippen LogP contribution is -2.43. The van der Waals surface area contributed by atoms with Crippen molar-refractivity contribution < 1.29 is 9.90 Å². The van der Waals surface area contributed by atoms with Crippen molar-refractivity contribution in [2.24, 2.45) is 0 Å². The quantitative estimate of drug-likeness (QED) is 0.735. The Balaban J connectivity index is 2.30. The molecule has 2 amide bonds. The van der Waals surface area contributed by atoms with E-state index in [9.17, 15) is 4.79 Å². The molecule has 0 spiro atoms. The highest BCUT2D eigenvalue weighted by Gasteiger charge is 2.08. The van der Waals surface area contributed by atoms with Gasteiger partial charge in [-0.1, -0.05) is 6.92 Å². The Hall–Kier alpha value is -1.07. The van der Waals surface area contributed by atoms with Crippen LogP contribution in [0.5, 0.6) is 0 Å². The van der Waals surface area contributed by atoms with Gasteiger partial charge in [-0.15, -0.1) is 11.3 Å². The molecule has 0 saturated heterocycles. The van der Waals surface area contributed by atoms with Crippen molar-refractivity contribution in [2.75, 3.05) is 6.61 Å². The van der Waals surface area contributed by atoms with E-state index in [1.54, 1.807) is 11.3 Å². The van der Waals surface area contributed by atoms with Crippen LogP contribution < -0.4 is 10.6 Å². The van der Waals surface area contributed by atoms with E-state index in [1.807, 2.05) is 26.0 Å². The molecule has 0 radical (unpaired) electrons. The van der Waals surface area contributed by atoms with Gasteiger partial charge in [0.15, 0.2) is 0 Å². The van der Waals surface area contributed by atoms with E-state index in [1.165, 1.54) is 4.88 Å². The number of hydrogen-bond donors (Lipinski definition) is 3. The minimum absolute atomic E-state index is 0.0258. The Morgan fingerprint density at radius 3 is 2.81 bits per heavy atom. The van der Waals surface area contributed by atoms with Crippen LogP contribution in [0.25, 0.3) is 0 Å². The fraction of sp³-hybridized carbons (Fsp3) is 0.545. The molecule has 4 nitrogen and oxygen atoms in total. The molecule has 1 unspecified atom stereocenters. The highest BCUT2D eigenvalue weighted by Crippen LogP contribution is 2.14. The zero-order valence-electron chi connectivity index (χ0n) is 9.62. The maximum Gasteiger partial charge on any atom is 0.315 e. The maximum atomic E-state index is 11.4. The fourth-order valence-corrected chi connectivity index (χ4v) is 2.09. The van der Waals surface area contributed by atoms with Crippen LogP contribution in [0.15, 0.2) is 12.1 Å². The fourth-order valence-electron chi connectivity index (χ4n) is 1.26. The summed E-state index contributed by atoms with van der Waals surface area (Å²) in [6, 6.07) is 3.64. The molecule has 0 fully saturated rings. The maximum absolute atomic E-state index is 11.4. The van der Waals surface area contributed by atoms with Crippen LogP contribution in [0.3, 0.4) is 0 Å². The number of amides is 2. The monoisotopic (exact) mass is 242 g/mol. The summed E-state index contributed by atoms with van der Waals surface area (Å²) in [5, 5.41) is 14.4. The summed E-state index contributed by atoms with van der Waals surface area (Å²) >= 11 is 1.67. The molecule has 1 rings (SSSR count). The predicted octanol–water partition coefficient (Wildman–Crippen LogP) is 1.63. The van der Waals surface area contributed by atoms with Crippen molar-refractivity contribution in [1.29, 1.82) is 0 Å². The molecule has 1 aromatic rings. The van der Waals surface area contributed by atoms with Crippen LogP contribution in [-0.4, -0.2) is 23.8 Å². The first-order valence-electron chi connectivity index (χ1n) is 5.36. The Morgan fingerprint density at radius 2 is 2.31 bits per heavy atom. The zero-order chi connectivity index (χ0) is 12.0. The summed E-state index contributed by atoms with van der Waals surface area (Å²) in [5.41, 5.74) is 0. The molecule has 3 N–H and O–H groups in total. The van der Waals surface area contributed by atoms with Gasteiger partial charge in [0.2, 0.25) is 0 Å². The van der Waals surface area contributed by atoms with E-state index in [4.69, 9.17) is 5.11 Å². The van der Waals surface area contributed by atoms with Crippen LogP contribution in [0.4, 0.5) is 4.79 Å². The molecule has 5 heteroatoms. The second-order valence-electron chi connectivity index (χ2n) is 3.63. The SMILES string of the molecule is CCC(CO)NC(=O)NCc1ccc(C)s1. The van der Waals surface area contributed by atoms with Crippen molar-refractivity contribution in [2.45, 2.75) is 32.9 Å². The second kappa shape index (κ2) is 6.50. The number of nitrogens with one attached hydrogen (secondary N) is 2. The molecule has 0 aliphatic heterocycles. The standard InChI is InChI=1S/C11H18N2O2S/c1-3-9(7-14)13-11(15)12-6-10-5-4-8(2)16-10/h4-5,9,14H,3,6-7H2,1-2H3,(H2,12,13,15). The van der Waals surface area contributed by atoms with Gasteiger partial charge in [0.05, 0.1) is 19.2 Å². The topological polar surface area (TPSA) is 61.4 Å². The number of carbonyl (C=O) groups excluding carboxylic acids is 1. The van der Waals surface area contributed by atoms with Crippen LogP contribution in [0, 0.1) is 6.92 Å². The number of rotatable bonds is 5. The van der Waals surface area contributed by atoms with Gasteiger partial charge in [0.1, 0.15) is 0 Å². The van der Waals surface area contributed by atoms with Crippen molar-refractivity contribution in [3.8, 4) is 0 Å². The lowest BCUT2D eigenvalue weighted by Gasteiger charge is -2.14. The van der Waals surface area contributed by atoms with Crippen molar-refractivity contribution in [3.63, 3.8) is 0 Å². The molecule has 1 atom stereocenters. The van der Waals surface area contributed by atoms with E-state index in [2.05, 4.69) is 10.6 Å². The van der Waals surface area contributed by atoms with Crippen LogP contribution in [-0.2, 0) is 6.54 Å². The summed E-state index contributed by atoms with van der Waals surface area (Å²) < 4.78 is 0. The van der Waals surface area contributed by atoms with Gasteiger partial charge in [-0.05, 0) is 25.5 Å². The average molecular weight is 242 g/mol. The smallest absolute Gasteiger partial charge is 0.315 e. The lowest BCUT2D eigenvalue weighted by molar-refractivity contribution is 0.214. The van der Waals surface area contributed by atoms with Gasteiger partial charge < -0.3 is 15.7 Å². The van der Waals surface area contributed by atoms with Crippen LogP contribution in [0.1, 0.15) is 23.1 Å². The molecule has 1 aromatic heterocycles. The third-order valence-corrected chi connectivity index (χ3v) is 3.27. The molecule has 0 bridgehead atoms. The Bertz CT molecular complexity index is 334. The first-order chi connectivity index (χ1) is 7.65. The summed E-state index contributed by atoms with van der Waals surface area (Å²) in [7, 11) is 0. The zero-order valence-corrected chi connectivity index (χ0v) is 10.4. The van der Waals surface area contributed by atoms with E-state index in [0.717, 1.165) is 11.3 Å². The molecule has 1 heterocycles. The first kappa shape index (κ1) is 13.0. The number of hydrogen-bond acceptors (Lipinski definition) is 3. The van der Waals surface area contributed by atoms with E-state index in [-0.39, 0.29) is 18.7 Å². The van der Waals surface area contributed by atoms with Gasteiger partial charge in [-0.25, -0.2) is 4.79 Å². The van der Waals surface area contributed by atoms with Crippen molar-refractivity contribution in [3.05, 3.63) is 21.9 Å². The predicted molar refractivity (Wildman–Crippen MR) is 65.6 cm³/mol. The van der Waals surface area contributed by atoms with E-state index < -0.39 is 0 Å². The second-order valence-corrected chi connectivity index (χ2v) is 5.00. The summed E-state index contributed by atoms with van der Waals surface area (Å²) in [6.07, 6.45) is 0.724. The summed E-state index contributed by atoms with van der Waals surface area (Å²) in [4.78, 5) is 13.8. The molecule has 0 saturated carbocycles. The number of urea groups is 1. The van der Waals surface area contributed by atoms with Crippen LogP contribution >= 0.6 is 11.3 Å². The average Bonchev–Trinajstić information content (AvgIpc) is 2.69. The molecule has 0 aromatic carbocycles. The van der Waals surface area contributed by atoms with E-state index in [0.29, 0.717) is 6.54 Å². The highest BCUT2D eigenvalue weighted by atomic mass is 32.1. The van der Waals surface area contributed by atoms with E-state index >= 15 is 0 Å². The minimum atomic E-state index is -0.230. The number of aliphatic hydroxyl groups is 1.